The topological polar surface area (TPSA) is 34.2 Å². The van der Waals surface area contributed by atoms with Crippen LogP contribution >= 0.6 is 15.9 Å². The summed E-state index contributed by atoms with van der Waals surface area (Å²) in [5.41, 5.74) is 0.928. The van der Waals surface area contributed by atoms with Crippen LogP contribution in [0.2, 0.25) is 0 Å². The lowest BCUT2D eigenvalue weighted by molar-refractivity contribution is 0.448. The normalized spacial score (nSPS) is 10.6. The van der Waals surface area contributed by atoms with Crippen LogP contribution in [0.5, 0.6) is 11.6 Å². The molecule has 1 aromatic heterocycles. The molecule has 20 heavy (non-hydrogen) atoms. The van der Waals surface area contributed by atoms with Gasteiger partial charge in [0.05, 0.1) is 0 Å². The molecule has 2 rings (SSSR count). The maximum absolute atomic E-state index is 13.2. The highest BCUT2D eigenvalue weighted by atomic mass is 79.9. The second-order valence-electron chi connectivity index (χ2n) is 4.35. The van der Waals surface area contributed by atoms with Crippen molar-refractivity contribution in [1.82, 2.24) is 10.3 Å². The van der Waals surface area contributed by atoms with E-state index in [2.05, 4.69) is 33.2 Å². The Morgan fingerprint density at radius 1 is 1.35 bits per heavy atom. The molecule has 0 amide bonds. The van der Waals surface area contributed by atoms with Crippen molar-refractivity contribution in [1.29, 1.82) is 0 Å². The number of nitrogens with zero attached hydrogens (tertiary/aromatic N) is 1. The van der Waals surface area contributed by atoms with Crippen LogP contribution in [0.3, 0.4) is 0 Å². The highest BCUT2D eigenvalue weighted by Gasteiger charge is 2.08. The Labute approximate surface area is 126 Å². The molecule has 0 aliphatic carbocycles. The first-order valence-corrected chi connectivity index (χ1v) is 7.27. The molecule has 0 fully saturated rings. The van der Waals surface area contributed by atoms with Crippen molar-refractivity contribution < 1.29 is 9.13 Å². The summed E-state index contributed by atoms with van der Waals surface area (Å²) in [6.45, 7) is 3.69. The number of halogens is 2. The lowest BCUT2D eigenvalue weighted by Gasteiger charge is -2.11. The van der Waals surface area contributed by atoms with E-state index in [4.69, 9.17) is 4.74 Å². The average molecular weight is 339 g/mol. The van der Waals surface area contributed by atoms with Crippen molar-refractivity contribution in [3.05, 3.63) is 52.4 Å². The van der Waals surface area contributed by atoms with E-state index in [1.165, 1.54) is 12.1 Å². The van der Waals surface area contributed by atoms with Gasteiger partial charge in [-0.15, -0.1) is 0 Å². The third-order valence-electron chi connectivity index (χ3n) is 2.64. The van der Waals surface area contributed by atoms with E-state index in [-0.39, 0.29) is 5.82 Å². The number of rotatable bonds is 6. The molecule has 0 atom stereocenters. The maximum atomic E-state index is 13.2. The van der Waals surface area contributed by atoms with Gasteiger partial charge in [0.2, 0.25) is 5.88 Å². The standard InChI is InChI=1S/C15H16BrFN2O/c1-2-6-18-9-11-7-12(16)10-19-15(11)20-14-5-3-4-13(17)8-14/h3-5,7-8,10,18H,2,6,9H2,1H3. The lowest BCUT2D eigenvalue weighted by Crippen LogP contribution is -2.14. The fraction of sp³-hybridized carbons (Fsp3) is 0.267. The fourth-order valence-electron chi connectivity index (χ4n) is 1.73. The monoisotopic (exact) mass is 338 g/mol. The van der Waals surface area contributed by atoms with Crippen molar-refractivity contribution in [2.45, 2.75) is 19.9 Å². The van der Waals surface area contributed by atoms with Gasteiger partial charge in [0.15, 0.2) is 0 Å². The van der Waals surface area contributed by atoms with Gasteiger partial charge >= 0.3 is 0 Å². The second-order valence-corrected chi connectivity index (χ2v) is 5.27. The molecule has 1 N–H and O–H groups in total. The SMILES string of the molecule is CCCNCc1cc(Br)cnc1Oc1cccc(F)c1. The highest BCUT2D eigenvalue weighted by Crippen LogP contribution is 2.25. The number of benzene rings is 1. The van der Waals surface area contributed by atoms with Gasteiger partial charge in [0, 0.05) is 28.8 Å². The van der Waals surface area contributed by atoms with Crippen molar-refractivity contribution in [2.24, 2.45) is 0 Å². The zero-order valence-electron chi connectivity index (χ0n) is 11.2. The Bertz CT molecular complexity index is 578. The van der Waals surface area contributed by atoms with E-state index >= 15 is 0 Å². The van der Waals surface area contributed by atoms with E-state index in [0.29, 0.717) is 18.2 Å². The molecule has 0 aliphatic heterocycles. The van der Waals surface area contributed by atoms with E-state index in [9.17, 15) is 4.39 Å². The predicted molar refractivity (Wildman–Crippen MR) is 80.4 cm³/mol. The number of pyridine rings is 1. The molecule has 0 radical (unpaired) electrons. The van der Waals surface area contributed by atoms with Gasteiger partial charge in [-0.25, -0.2) is 9.37 Å². The van der Waals surface area contributed by atoms with Crippen LogP contribution in [0, 0.1) is 5.82 Å². The molecule has 0 saturated carbocycles. The molecule has 0 bridgehead atoms. The number of ether oxygens (including phenoxy) is 1. The summed E-state index contributed by atoms with van der Waals surface area (Å²) in [7, 11) is 0. The van der Waals surface area contributed by atoms with Gasteiger partial charge in [0.25, 0.3) is 0 Å². The summed E-state index contributed by atoms with van der Waals surface area (Å²) in [5, 5.41) is 3.30. The summed E-state index contributed by atoms with van der Waals surface area (Å²) in [4.78, 5) is 4.25. The summed E-state index contributed by atoms with van der Waals surface area (Å²) < 4.78 is 19.7. The van der Waals surface area contributed by atoms with Crippen molar-refractivity contribution in [3.8, 4) is 11.6 Å². The van der Waals surface area contributed by atoms with Crippen LogP contribution in [0.15, 0.2) is 41.0 Å². The Morgan fingerprint density at radius 3 is 2.95 bits per heavy atom. The van der Waals surface area contributed by atoms with Crippen LogP contribution < -0.4 is 10.1 Å². The van der Waals surface area contributed by atoms with E-state index < -0.39 is 0 Å². The molecular weight excluding hydrogens is 323 g/mol. The number of hydrogen-bond donors (Lipinski definition) is 1. The molecule has 0 unspecified atom stereocenters. The van der Waals surface area contributed by atoms with Gasteiger partial charge in [0.1, 0.15) is 11.6 Å². The largest absolute Gasteiger partial charge is 0.439 e. The smallest absolute Gasteiger partial charge is 0.223 e. The van der Waals surface area contributed by atoms with E-state index in [1.807, 2.05) is 6.07 Å². The van der Waals surface area contributed by atoms with E-state index in [1.54, 1.807) is 18.3 Å². The van der Waals surface area contributed by atoms with Crippen molar-refractivity contribution in [3.63, 3.8) is 0 Å². The maximum Gasteiger partial charge on any atom is 0.223 e. The molecule has 1 aromatic carbocycles. The zero-order valence-corrected chi connectivity index (χ0v) is 12.8. The zero-order chi connectivity index (χ0) is 14.4. The van der Waals surface area contributed by atoms with Crippen LogP contribution in [0.25, 0.3) is 0 Å². The summed E-state index contributed by atoms with van der Waals surface area (Å²) in [5.74, 6) is 0.601. The molecule has 106 valence electrons. The Hall–Kier alpha value is -1.46. The number of nitrogens with one attached hydrogen (secondary N) is 1. The molecule has 0 aliphatic rings. The first kappa shape index (κ1) is 14.9. The van der Waals surface area contributed by atoms with Crippen LogP contribution in [-0.4, -0.2) is 11.5 Å². The molecule has 0 saturated heterocycles. The predicted octanol–water partition coefficient (Wildman–Crippen LogP) is 4.28. The third kappa shape index (κ3) is 4.28. The Balaban J connectivity index is 2.17. The molecule has 5 heteroatoms. The van der Waals surface area contributed by atoms with Gasteiger partial charge in [-0.05, 0) is 47.1 Å². The van der Waals surface area contributed by atoms with Crippen LogP contribution in [-0.2, 0) is 6.54 Å². The number of aromatic nitrogens is 1. The quantitative estimate of drug-likeness (QED) is 0.798. The van der Waals surface area contributed by atoms with Crippen molar-refractivity contribution >= 4 is 15.9 Å². The first-order chi connectivity index (χ1) is 9.69. The Morgan fingerprint density at radius 2 is 2.20 bits per heavy atom. The molecule has 3 nitrogen and oxygen atoms in total. The van der Waals surface area contributed by atoms with Crippen LogP contribution in [0.4, 0.5) is 4.39 Å². The summed E-state index contributed by atoms with van der Waals surface area (Å²) in [6, 6.07) is 7.98. The average Bonchev–Trinajstić information content (AvgIpc) is 2.42. The van der Waals surface area contributed by atoms with Gasteiger partial charge < -0.3 is 10.1 Å². The van der Waals surface area contributed by atoms with Gasteiger partial charge in [-0.3, -0.25) is 0 Å². The van der Waals surface area contributed by atoms with Gasteiger partial charge in [-0.1, -0.05) is 13.0 Å². The first-order valence-electron chi connectivity index (χ1n) is 6.47. The lowest BCUT2D eigenvalue weighted by atomic mass is 10.2. The summed E-state index contributed by atoms with van der Waals surface area (Å²) in [6.07, 6.45) is 2.72. The molecule has 0 spiro atoms. The highest BCUT2D eigenvalue weighted by molar-refractivity contribution is 9.10. The summed E-state index contributed by atoms with van der Waals surface area (Å²) >= 11 is 3.40. The second kappa shape index (κ2) is 7.36. The van der Waals surface area contributed by atoms with Crippen LogP contribution in [0.1, 0.15) is 18.9 Å². The van der Waals surface area contributed by atoms with E-state index in [0.717, 1.165) is 23.0 Å². The van der Waals surface area contributed by atoms with Gasteiger partial charge in [-0.2, -0.15) is 0 Å². The van der Waals surface area contributed by atoms with Crippen molar-refractivity contribution in [2.75, 3.05) is 6.54 Å². The molecular formula is C15H16BrFN2O. The Kier molecular flexibility index (Phi) is 5.49. The minimum absolute atomic E-state index is 0.328. The molecule has 2 aromatic rings. The number of hydrogen-bond acceptors (Lipinski definition) is 3. The minimum Gasteiger partial charge on any atom is -0.439 e. The molecule has 1 heterocycles. The third-order valence-corrected chi connectivity index (χ3v) is 3.08. The minimum atomic E-state index is -0.328. The fourth-order valence-corrected chi connectivity index (χ4v) is 2.11.